The highest BCUT2D eigenvalue weighted by Gasteiger charge is 2.31. The molecule has 0 radical (unpaired) electrons. The molecule has 0 atom stereocenters. The summed E-state index contributed by atoms with van der Waals surface area (Å²) in [5.74, 6) is -1.29. The number of carbonyl (C=O) groups is 2. The zero-order valence-corrected chi connectivity index (χ0v) is 14.1. The molecule has 0 saturated heterocycles. The Balaban J connectivity index is 1.83. The number of pyridine rings is 1. The van der Waals surface area contributed by atoms with E-state index in [1.807, 2.05) is 0 Å². The second-order valence-corrected chi connectivity index (χ2v) is 6.31. The maximum absolute atomic E-state index is 12.4. The summed E-state index contributed by atoms with van der Waals surface area (Å²) in [5.41, 5.74) is 6.79. The third kappa shape index (κ3) is 2.36. The van der Waals surface area contributed by atoms with Crippen LogP contribution >= 0.6 is 15.9 Å². The van der Waals surface area contributed by atoms with Crippen LogP contribution in [0.3, 0.4) is 0 Å². The van der Waals surface area contributed by atoms with E-state index in [0.717, 1.165) is 16.2 Å². The molecule has 8 nitrogen and oxygen atoms in total. The fraction of sp³-hybridized carbons (Fsp3) is 0. The molecule has 25 heavy (non-hydrogen) atoms. The van der Waals surface area contributed by atoms with Crippen LogP contribution in [0.2, 0.25) is 0 Å². The number of nitrogens with two attached hydrogens (primary N) is 1. The van der Waals surface area contributed by atoms with Gasteiger partial charge in [-0.15, -0.1) is 0 Å². The average molecular weight is 400 g/mol. The molecule has 1 aromatic carbocycles. The number of hydrogen-bond donors (Lipinski definition) is 2. The van der Waals surface area contributed by atoms with Gasteiger partial charge in [0.1, 0.15) is 5.82 Å². The van der Waals surface area contributed by atoms with Gasteiger partial charge in [-0.3, -0.25) is 24.3 Å². The predicted molar refractivity (Wildman–Crippen MR) is 93.1 cm³/mol. The van der Waals surface area contributed by atoms with Gasteiger partial charge < -0.3 is 5.73 Å². The summed E-state index contributed by atoms with van der Waals surface area (Å²) in [6.07, 6.45) is 3.45. The minimum absolute atomic E-state index is 0.00163. The minimum Gasteiger partial charge on any atom is -0.384 e. The van der Waals surface area contributed by atoms with Crippen molar-refractivity contribution >= 4 is 33.6 Å². The quantitative estimate of drug-likeness (QED) is 0.629. The van der Waals surface area contributed by atoms with E-state index in [-0.39, 0.29) is 16.9 Å². The monoisotopic (exact) mass is 399 g/mol. The van der Waals surface area contributed by atoms with Crippen LogP contribution in [-0.2, 0) is 0 Å². The van der Waals surface area contributed by atoms with Crippen LogP contribution < -0.4 is 16.6 Å². The highest BCUT2D eigenvalue weighted by Crippen LogP contribution is 2.23. The molecule has 3 aromatic rings. The summed E-state index contributed by atoms with van der Waals surface area (Å²) in [6, 6.07) is 8.01. The van der Waals surface area contributed by atoms with Gasteiger partial charge in [-0.25, -0.2) is 4.68 Å². The van der Waals surface area contributed by atoms with Gasteiger partial charge in [-0.05, 0) is 40.2 Å². The molecule has 9 heteroatoms. The van der Waals surface area contributed by atoms with Crippen LogP contribution in [0.4, 0.5) is 5.82 Å². The topological polar surface area (TPSA) is 112 Å². The number of imide groups is 1. The summed E-state index contributed by atoms with van der Waals surface area (Å²) in [7, 11) is 0. The fourth-order valence-electron chi connectivity index (χ4n) is 2.74. The van der Waals surface area contributed by atoms with E-state index in [1.165, 1.54) is 4.57 Å². The van der Waals surface area contributed by atoms with E-state index >= 15 is 0 Å². The number of hydrogen-bond acceptors (Lipinski definition) is 5. The molecule has 0 aliphatic carbocycles. The Morgan fingerprint density at radius 1 is 1.04 bits per heavy atom. The van der Waals surface area contributed by atoms with Crippen molar-refractivity contribution in [1.29, 1.82) is 0 Å². The standard InChI is InChI=1S/C16H10BrN5O3/c17-8-6-19-21(7-8)9-1-3-10(4-2-9)22-12(23)5-11-13(14(22)18)16(25)20-15(11)24/h1-7H,18H2,(H,20,24,25). The number of benzene rings is 1. The molecular weight excluding hydrogens is 390 g/mol. The van der Waals surface area contributed by atoms with Crippen molar-refractivity contribution in [1.82, 2.24) is 19.7 Å². The van der Waals surface area contributed by atoms with Crippen molar-refractivity contribution in [2.45, 2.75) is 0 Å². The van der Waals surface area contributed by atoms with Gasteiger partial charge in [0, 0.05) is 12.3 Å². The Morgan fingerprint density at radius 2 is 1.72 bits per heavy atom. The van der Waals surface area contributed by atoms with E-state index in [2.05, 4.69) is 26.3 Å². The number of anilines is 1. The first-order chi connectivity index (χ1) is 12.0. The zero-order chi connectivity index (χ0) is 17.7. The van der Waals surface area contributed by atoms with Crippen molar-refractivity contribution < 1.29 is 9.59 Å². The smallest absolute Gasteiger partial charge is 0.262 e. The lowest BCUT2D eigenvalue weighted by Crippen LogP contribution is -2.24. The highest BCUT2D eigenvalue weighted by atomic mass is 79.9. The number of fused-ring (bicyclic) bond motifs is 1. The zero-order valence-electron chi connectivity index (χ0n) is 12.6. The first-order valence-electron chi connectivity index (χ1n) is 7.18. The van der Waals surface area contributed by atoms with Gasteiger partial charge in [-0.1, -0.05) is 0 Å². The summed E-state index contributed by atoms with van der Waals surface area (Å²) in [5, 5.41) is 6.31. The van der Waals surface area contributed by atoms with Gasteiger partial charge in [-0.2, -0.15) is 5.10 Å². The number of amides is 2. The highest BCUT2D eigenvalue weighted by molar-refractivity contribution is 9.10. The second kappa shape index (κ2) is 5.42. The van der Waals surface area contributed by atoms with Gasteiger partial charge >= 0.3 is 0 Å². The van der Waals surface area contributed by atoms with Crippen molar-refractivity contribution in [2.75, 3.05) is 5.73 Å². The van der Waals surface area contributed by atoms with E-state index in [9.17, 15) is 14.4 Å². The molecule has 1 aliphatic rings. The largest absolute Gasteiger partial charge is 0.384 e. The van der Waals surface area contributed by atoms with Crippen LogP contribution in [0.25, 0.3) is 11.4 Å². The number of aromatic nitrogens is 3. The van der Waals surface area contributed by atoms with Gasteiger partial charge in [0.2, 0.25) is 0 Å². The SMILES string of the molecule is Nc1c2c(cc(=O)n1-c1ccc(-n3cc(Br)cn3)cc1)C(=O)NC2=O. The Bertz CT molecular complexity index is 1100. The molecule has 0 fully saturated rings. The number of nitrogens with one attached hydrogen (secondary N) is 1. The normalized spacial score (nSPS) is 13.0. The Labute approximate surface area is 149 Å². The van der Waals surface area contributed by atoms with E-state index in [1.54, 1.807) is 41.3 Å². The molecule has 1 aliphatic heterocycles. The summed E-state index contributed by atoms with van der Waals surface area (Å²) < 4.78 is 3.69. The van der Waals surface area contributed by atoms with E-state index in [4.69, 9.17) is 5.73 Å². The van der Waals surface area contributed by atoms with Crippen molar-refractivity contribution in [3.05, 3.63) is 68.7 Å². The Morgan fingerprint density at radius 3 is 2.36 bits per heavy atom. The van der Waals surface area contributed by atoms with Crippen molar-refractivity contribution in [3.63, 3.8) is 0 Å². The maximum atomic E-state index is 12.4. The summed E-state index contributed by atoms with van der Waals surface area (Å²) in [4.78, 5) is 36.0. The van der Waals surface area contributed by atoms with Crippen LogP contribution in [0.1, 0.15) is 20.7 Å². The predicted octanol–water partition coefficient (Wildman–Crippen LogP) is 1.25. The summed E-state index contributed by atoms with van der Waals surface area (Å²) in [6.45, 7) is 0. The molecule has 0 unspecified atom stereocenters. The van der Waals surface area contributed by atoms with Crippen molar-refractivity contribution in [3.8, 4) is 11.4 Å². The number of rotatable bonds is 2. The molecule has 0 bridgehead atoms. The molecule has 2 amide bonds. The first kappa shape index (κ1) is 15.3. The first-order valence-corrected chi connectivity index (χ1v) is 7.97. The Hall–Kier alpha value is -3.20. The number of halogens is 1. The maximum Gasteiger partial charge on any atom is 0.262 e. The second-order valence-electron chi connectivity index (χ2n) is 5.39. The number of nitrogens with zero attached hydrogens (tertiary/aromatic N) is 3. The number of carbonyl (C=O) groups excluding carboxylic acids is 2. The molecule has 3 heterocycles. The average Bonchev–Trinajstić information content (AvgIpc) is 3.12. The minimum atomic E-state index is -0.615. The molecule has 2 aromatic heterocycles. The van der Waals surface area contributed by atoms with Crippen molar-refractivity contribution in [2.24, 2.45) is 0 Å². The molecule has 124 valence electrons. The molecular formula is C16H10BrN5O3. The van der Waals surface area contributed by atoms with Crippen LogP contribution in [0, 0.1) is 0 Å². The third-order valence-corrected chi connectivity index (χ3v) is 4.29. The van der Waals surface area contributed by atoms with Crippen LogP contribution in [0.15, 0.2) is 52.0 Å². The fourth-order valence-corrected chi connectivity index (χ4v) is 3.03. The molecule has 0 saturated carbocycles. The van der Waals surface area contributed by atoms with Gasteiger partial charge in [0.25, 0.3) is 17.4 Å². The number of nitrogen functional groups attached to an aromatic ring is 1. The van der Waals surface area contributed by atoms with E-state index in [0.29, 0.717) is 5.69 Å². The lowest BCUT2D eigenvalue weighted by atomic mass is 10.1. The lowest BCUT2D eigenvalue weighted by molar-refractivity contribution is 0.0880. The van der Waals surface area contributed by atoms with E-state index < -0.39 is 17.4 Å². The Kier molecular flexibility index (Phi) is 3.32. The molecule has 0 spiro atoms. The molecule has 3 N–H and O–H groups in total. The van der Waals surface area contributed by atoms with Crippen LogP contribution in [-0.4, -0.2) is 26.2 Å². The van der Waals surface area contributed by atoms with Crippen LogP contribution in [0.5, 0.6) is 0 Å². The van der Waals surface area contributed by atoms with Gasteiger partial charge in [0.05, 0.1) is 33.2 Å². The lowest BCUT2D eigenvalue weighted by Gasteiger charge is -2.12. The molecule has 4 rings (SSSR count). The van der Waals surface area contributed by atoms with Gasteiger partial charge in [0.15, 0.2) is 0 Å². The third-order valence-electron chi connectivity index (χ3n) is 3.88. The summed E-state index contributed by atoms with van der Waals surface area (Å²) >= 11 is 3.33.